The largest absolute Gasteiger partial charge is 0.496 e. The van der Waals surface area contributed by atoms with E-state index >= 15 is 0 Å². The number of halogens is 1. The van der Waals surface area contributed by atoms with Gasteiger partial charge >= 0.3 is 0 Å². The van der Waals surface area contributed by atoms with Gasteiger partial charge in [0.1, 0.15) is 11.6 Å². The van der Waals surface area contributed by atoms with Crippen molar-refractivity contribution in [2.75, 3.05) is 7.11 Å². The molecule has 0 amide bonds. The Hall–Kier alpha value is -1.09. The molecule has 1 aromatic carbocycles. The van der Waals surface area contributed by atoms with Gasteiger partial charge in [-0.2, -0.15) is 0 Å². The van der Waals surface area contributed by atoms with Gasteiger partial charge in [-0.25, -0.2) is 4.39 Å². The van der Waals surface area contributed by atoms with Crippen LogP contribution in [0.3, 0.4) is 0 Å². The van der Waals surface area contributed by atoms with Gasteiger partial charge < -0.3 is 9.84 Å². The molecule has 0 spiro atoms. The van der Waals surface area contributed by atoms with Gasteiger partial charge in [-0.05, 0) is 49.8 Å². The van der Waals surface area contributed by atoms with Crippen LogP contribution in [0.25, 0.3) is 0 Å². The van der Waals surface area contributed by atoms with Crippen molar-refractivity contribution in [3.63, 3.8) is 0 Å². The Morgan fingerprint density at radius 2 is 1.94 bits per heavy atom. The number of benzene rings is 1. The predicted octanol–water partition coefficient (Wildman–Crippen LogP) is 2.85. The topological polar surface area (TPSA) is 29.5 Å². The smallest absolute Gasteiger partial charge is 0.123 e. The first-order chi connectivity index (χ1) is 7.70. The van der Waals surface area contributed by atoms with Crippen molar-refractivity contribution >= 4 is 0 Å². The Morgan fingerprint density at radius 3 is 2.56 bits per heavy atom. The van der Waals surface area contributed by atoms with Crippen LogP contribution in [-0.2, 0) is 0 Å². The van der Waals surface area contributed by atoms with Gasteiger partial charge in [0.05, 0.1) is 13.2 Å². The first-order valence-electron chi connectivity index (χ1n) is 5.72. The highest BCUT2D eigenvalue weighted by atomic mass is 19.1. The SMILES string of the molecule is COc1ccc(F)cc1C1CCC(O)CC1. The predicted molar refractivity (Wildman–Crippen MR) is 60.2 cm³/mol. The molecule has 88 valence electrons. The van der Waals surface area contributed by atoms with Crippen molar-refractivity contribution in [2.45, 2.75) is 37.7 Å². The minimum atomic E-state index is -0.220. The zero-order chi connectivity index (χ0) is 11.5. The molecule has 1 aliphatic carbocycles. The normalized spacial score (nSPS) is 25.4. The summed E-state index contributed by atoms with van der Waals surface area (Å²) in [6.07, 6.45) is 3.21. The Morgan fingerprint density at radius 1 is 1.25 bits per heavy atom. The van der Waals surface area contributed by atoms with Gasteiger partial charge in [0.25, 0.3) is 0 Å². The third kappa shape index (κ3) is 2.35. The van der Waals surface area contributed by atoms with Crippen LogP contribution in [-0.4, -0.2) is 18.3 Å². The second-order valence-corrected chi connectivity index (χ2v) is 4.39. The third-order valence-electron chi connectivity index (χ3n) is 3.33. The van der Waals surface area contributed by atoms with Crippen LogP contribution in [0.2, 0.25) is 0 Å². The first-order valence-corrected chi connectivity index (χ1v) is 5.72. The summed E-state index contributed by atoms with van der Waals surface area (Å²) in [7, 11) is 1.61. The third-order valence-corrected chi connectivity index (χ3v) is 3.33. The molecular formula is C13H17FO2. The van der Waals surface area contributed by atoms with Crippen LogP contribution < -0.4 is 4.74 Å². The number of ether oxygens (including phenoxy) is 1. The molecule has 2 rings (SSSR count). The number of hydrogen-bond donors (Lipinski definition) is 1. The molecule has 1 aliphatic rings. The second kappa shape index (κ2) is 4.83. The summed E-state index contributed by atoms with van der Waals surface area (Å²) in [5.41, 5.74) is 0.939. The summed E-state index contributed by atoms with van der Waals surface area (Å²) in [6.45, 7) is 0. The summed E-state index contributed by atoms with van der Waals surface area (Å²) in [5.74, 6) is 0.846. The van der Waals surface area contributed by atoms with Crippen molar-refractivity contribution in [2.24, 2.45) is 0 Å². The van der Waals surface area contributed by atoms with Crippen molar-refractivity contribution < 1.29 is 14.2 Å². The van der Waals surface area contributed by atoms with Crippen LogP contribution in [0.5, 0.6) is 5.75 Å². The van der Waals surface area contributed by atoms with Crippen LogP contribution in [0.4, 0.5) is 4.39 Å². The van der Waals surface area contributed by atoms with E-state index < -0.39 is 0 Å². The zero-order valence-corrected chi connectivity index (χ0v) is 9.45. The lowest BCUT2D eigenvalue weighted by Crippen LogP contribution is -2.17. The summed E-state index contributed by atoms with van der Waals surface area (Å²) < 4.78 is 18.5. The lowest BCUT2D eigenvalue weighted by atomic mass is 9.82. The standard InChI is InChI=1S/C13H17FO2/c1-16-13-7-4-10(14)8-12(13)9-2-5-11(15)6-3-9/h4,7-9,11,15H,2-3,5-6H2,1H3. The lowest BCUT2D eigenvalue weighted by molar-refractivity contribution is 0.122. The lowest BCUT2D eigenvalue weighted by Gasteiger charge is -2.26. The molecule has 1 saturated carbocycles. The Labute approximate surface area is 95.1 Å². The fourth-order valence-electron chi connectivity index (χ4n) is 2.41. The molecule has 2 nitrogen and oxygen atoms in total. The van der Waals surface area contributed by atoms with Gasteiger partial charge in [0.15, 0.2) is 0 Å². The molecule has 0 saturated heterocycles. The molecule has 1 aromatic rings. The summed E-state index contributed by atoms with van der Waals surface area (Å²) >= 11 is 0. The van der Waals surface area contributed by atoms with E-state index in [-0.39, 0.29) is 11.9 Å². The molecule has 0 heterocycles. The van der Waals surface area contributed by atoms with E-state index in [9.17, 15) is 9.50 Å². The fraction of sp³-hybridized carbons (Fsp3) is 0.538. The molecule has 3 heteroatoms. The highest BCUT2D eigenvalue weighted by molar-refractivity contribution is 5.37. The Bertz CT molecular complexity index is 357. The molecule has 0 unspecified atom stereocenters. The molecule has 0 bridgehead atoms. The van der Waals surface area contributed by atoms with Crippen LogP contribution in [0.1, 0.15) is 37.2 Å². The van der Waals surface area contributed by atoms with E-state index in [2.05, 4.69) is 0 Å². The van der Waals surface area contributed by atoms with Gasteiger partial charge in [-0.3, -0.25) is 0 Å². The molecule has 0 aromatic heterocycles. The molecule has 1 fully saturated rings. The Balaban J connectivity index is 2.21. The van der Waals surface area contributed by atoms with Crippen LogP contribution in [0, 0.1) is 5.82 Å². The summed E-state index contributed by atoms with van der Waals surface area (Å²) in [4.78, 5) is 0. The second-order valence-electron chi connectivity index (χ2n) is 4.39. The molecule has 0 radical (unpaired) electrons. The Kier molecular flexibility index (Phi) is 3.44. The maximum absolute atomic E-state index is 13.2. The number of hydrogen-bond acceptors (Lipinski definition) is 2. The molecule has 0 atom stereocenters. The number of methoxy groups -OCH3 is 1. The van der Waals surface area contributed by atoms with Crippen LogP contribution in [0.15, 0.2) is 18.2 Å². The van der Waals surface area contributed by atoms with E-state index in [1.54, 1.807) is 19.2 Å². The number of aliphatic hydroxyl groups is 1. The zero-order valence-electron chi connectivity index (χ0n) is 9.45. The molecule has 0 aliphatic heterocycles. The maximum Gasteiger partial charge on any atom is 0.123 e. The van der Waals surface area contributed by atoms with Crippen LogP contribution >= 0.6 is 0 Å². The monoisotopic (exact) mass is 224 g/mol. The summed E-state index contributed by atoms with van der Waals surface area (Å²) in [5, 5.41) is 9.45. The average Bonchev–Trinajstić information content (AvgIpc) is 2.30. The average molecular weight is 224 g/mol. The van der Waals surface area contributed by atoms with E-state index in [1.165, 1.54) is 6.07 Å². The van der Waals surface area contributed by atoms with Gasteiger partial charge in [-0.15, -0.1) is 0 Å². The molecule has 16 heavy (non-hydrogen) atoms. The van der Waals surface area contributed by atoms with Crippen molar-refractivity contribution in [3.8, 4) is 5.75 Å². The fourth-order valence-corrected chi connectivity index (χ4v) is 2.41. The van der Waals surface area contributed by atoms with Gasteiger partial charge in [-0.1, -0.05) is 0 Å². The van der Waals surface area contributed by atoms with Gasteiger partial charge in [0.2, 0.25) is 0 Å². The van der Waals surface area contributed by atoms with E-state index in [1.807, 2.05) is 0 Å². The first kappa shape index (κ1) is 11.4. The van der Waals surface area contributed by atoms with Crippen molar-refractivity contribution in [1.82, 2.24) is 0 Å². The molecule has 1 N–H and O–H groups in total. The molecular weight excluding hydrogens is 207 g/mol. The highest BCUT2D eigenvalue weighted by Gasteiger charge is 2.23. The van der Waals surface area contributed by atoms with E-state index in [0.29, 0.717) is 5.92 Å². The number of aliphatic hydroxyl groups excluding tert-OH is 1. The summed E-state index contributed by atoms with van der Waals surface area (Å²) in [6, 6.07) is 4.65. The highest BCUT2D eigenvalue weighted by Crippen LogP contribution is 2.37. The van der Waals surface area contributed by atoms with E-state index in [4.69, 9.17) is 4.74 Å². The maximum atomic E-state index is 13.2. The minimum Gasteiger partial charge on any atom is -0.496 e. The van der Waals surface area contributed by atoms with Crippen molar-refractivity contribution in [1.29, 1.82) is 0 Å². The quantitative estimate of drug-likeness (QED) is 0.837. The van der Waals surface area contributed by atoms with Crippen molar-refractivity contribution in [3.05, 3.63) is 29.6 Å². The van der Waals surface area contributed by atoms with Gasteiger partial charge in [0, 0.05) is 5.56 Å². The number of rotatable bonds is 2. The minimum absolute atomic E-state index is 0.184. The van der Waals surface area contributed by atoms with E-state index in [0.717, 1.165) is 37.0 Å².